The molecule has 0 spiro atoms. The summed E-state index contributed by atoms with van der Waals surface area (Å²) in [6, 6.07) is 6.23. The first kappa shape index (κ1) is 19.1. The lowest BCUT2D eigenvalue weighted by Gasteiger charge is -2.46. The van der Waals surface area contributed by atoms with Crippen molar-refractivity contribution in [2.45, 2.75) is 38.0 Å². The summed E-state index contributed by atoms with van der Waals surface area (Å²) in [5, 5.41) is 10.5. The zero-order chi connectivity index (χ0) is 18.4. The van der Waals surface area contributed by atoms with Gasteiger partial charge in [0, 0.05) is 12.7 Å². The van der Waals surface area contributed by atoms with Crippen LogP contribution in [0.4, 0.5) is 0 Å². The van der Waals surface area contributed by atoms with Crippen molar-refractivity contribution in [2.75, 3.05) is 33.4 Å². The zero-order valence-electron chi connectivity index (χ0n) is 15.6. The average molecular weight is 355 g/mol. The zero-order valence-corrected chi connectivity index (χ0v) is 15.6. The number of piperidine rings is 3. The molecule has 2 bridgehead atoms. The molecule has 0 amide bonds. The average Bonchev–Trinajstić information content (AvgIpc) is 2.67. The van der Waals surface area contributed by atoms with Crippen LogP contribution < -0.4 is 0 Å². The van der Waals surface area contributed by atoms with Gasteiger partial charge in [0.05, 0.1) is 32.0 Å². The second-order valence-corrected chi connectivity index (χ2v) is 7.11. The van der Waals surface area contributed by atoms with Crippen molar-refractivity contribution >= 4 is 0 Å². The summed E-state index contributed by atoms with van der Waals surface area (Å²) in [5.41, 5.74) is 3.30. The third-order valence-electron chi connectivity index (χ3n) is 5.36. The smallest absolute Gasteiger partial charge is 0.0983 e. The Hall–Kier alpha value is -1.64. The number of methoxy groups -OCH3 is 1. The molecule has 0 aromatic heterocycles. The Morgan fingerprint density at radius 3 is 2.81 bits per heavy atom. The minimum absolute atomic E-state index is 0.0314. The van der Waals surface area contributed by atoms with Crippen molar-refractivity contribution in [3.05, 3.63) is 47.5 Å². The Kier molecular flexibility index (Phi) is 6.87. The van der Waals surface area contributed by atoms with Crippen molar-refractivity contribution in [2.24, 2.45) is 5.92 Å². The summed E-state index contributed by atoms with van der Waals surface area (Å²) in [5.74, 6) is 7.08. The quantitative estimate of drug-likeness (QED) is 0.463. The number of rotatable bonds is 7. The van der Waals surface area contributed by atoms with Crippen LogP contribution in [0.1, 0.15) is 29.5 Å². The number of ether oxygens (including phenoxy) is 2. The van der Waals surface area contributed by atoms with E-state index < -0.39 is 0 Å². The highest BCUT2D eigenvalue weighted by molar-refractivity contribution is 5.45. The van der Waals surface area contributed by atoms with Gasteiger partial charge in [-0.05, 0) is 55.5 Å². The monoisotopic (exact) mass is 355 g/mol. The third-order valence-corrected chi connectivity index (χ3v) is 5.36. The van der Waals surface area contributed by atoms with Gasteiger partial charge in [0.15, 0.2) is 0 Å². The van der Waals surface area contributed by atoms with Crippen molar-refractivity contribution < 1.29 is 14.6 Å². The molecule has 4 rings (SSSR count). The van der Waals surface area contributed by atoms with Gasteiger partial charge in [-0.1, -0.05) is 30.0 Å². The number of hydrogen-bond acceptors (Lipinski definition) is 4. The van der Waals surface area contributed by atoms with Crippen molar-refractivity contribution in [1.82, 2.24) is 4.90 Å². The topological polar surface area (TPSA) is 41.9 Å². The van der Waals surface area contributed by atoms with Crippen LogP contribution in [0.5, 0.6) is 0 Å². The number of fused-ring (bicyclic) bond motifs is 3. The Morgan fingerprint density at radius 1 is 1.31 bits per heavy atom. The molecule has 3 fully saturated rings. The van der Waals surface area contributed by atoms with E-state index in [4.69, 9.17) is 9.47 Å². The number of allylic oxidation sites excluding steroid dienone is 1. The predicted octanol–water partition coefficient (Wildman–Crippen LogP) is 2.38. The largest absolute Gasteiger partial charge is 0.390 e. The molecular formula is C22H29NO3. The molecule has 26 heavy (non-hydrogen) atoms. The third kappa shape index (κ3) is 4.55. The molecule has 0 saturated carbocycles. The normalized spacial score (nSPS) is 27.0. The van der Waals surface area contributed by atoms with Crippen molar-refractivity contribution in [1.29, 1.82) is 0 Å². The molecule has 3 aliphatic rings. The van der Waals surface area contributed by atoms with Crippen LogP contribution >= 0.6 is 0 Å². The first-order chi connectivity index (χ1) is 12.7. The Balaban J connectivity index is 1.72. The van der Waals surface area contributed by atoms with Gasteiger partial charge < -0.3 is 14.6 Å². The van der Waals surface area contributed by atoms with E-state index >= 15 is 0 Å². The van der Waals surface area contributed by atoms with E-state index in [-0.39, 0.29) is 12.1 Å². The maximum atomic E-state index is 10.5. The lowest BCUT2D eigenvalue weighted by molar-refractivity contribution is -0.0500. The maximum absolute atomic E-state index is 10.5. The van der Waals surface area contributed by atoms with Crippen LogP contribution in [0, 0.1) is 17.8 Å². The SMILES string of the molecule is C=CCc1cc(COCCOC)ccc1C#CC1C(O)C2CCN1CC2. The van der Waals surface area contributed by atoms with Gasteiger partial charge in [-0.25, -0.2) is 0 Å². The fraction of sp³-hybridized carbons (Fsp3) is 0.545. The van der Waals surface area contributed by atoms with Crippen LogP contribution in [-0.2, 0) is 22.5 Å². The molecule has 3 heterocycles. The van der Waals surface area contributed by atoms with E-state index in [2.05, 4.69) is 41.5 Å². The van der Waals surface area contributed by atoms with Gasteiger partial charge in [-0.3, -0.25) is 4.90 Å². The van der Waals surface area contributed by atoms with Crippen molar-refractivity contribution in [3.8, 4) is 11.8 Å². The van der Waals surface area contributed by atoms with Crippen LogP contribution in [-0.4, -0.2) is 55.6 Å². The standard InChI is InChI=1S/C22H29NO3/c1-3-4-20-15-17(16-26-14-13-25-2)5-6-18(20)7-8-21-22(24)19-9-11-23(21)12-10-19/h3,5-6,15,19,21-22,24H,1,4,9-14,16H2,2H3. The van der Waals surface area contributed by atoms with Gasteiger partial charge in [-0.2, -0.15) is 0 Å². The summed E-state index contributed by atoms with van der Waals surface area (Å²) < 4.78 is 10.6. The minimum atomic E-state index is -0.318. The van der Waals surface area contributed by atoms with E-state index in [1.807, 2.05) is 6.08 Å². The molecule has 1 N–H and O–H groups in total. The van der Waals surface area contributed by atoms with Gasteiger partial charge in [0.1, 0.15) is 0 Å². The fourth-order valence-electron chi connectivity index (χ4n) is 3.86. The first-order valence-electron chi connectivity index (χ1n) is 9.46. The lowest BCUT2D eigenvalue weighted by Crippen LogP contribution is -2.57. The number of aliphatic hydroxyl groups excluding tert-OH is 1. The first-order valence-corrected chi connectivity index (χ1v) is 9.46. The molecule has 4 nitrogen and oxygen atoms in total. The van der Waals surface area contributed by atoms with Crippen molar-refractivity contribution in [3.63, 3.8) is 0 Å². The molecule has 1 aromatic carbocycles. The van der Waals surface area contributed by atoms with Crippen LogP contribution in [0.15, 0.2) is 30.9 Å². The second-order valence-electron chi connectivity index (χ2n) is 7.11. The second kappa shape index (κ2) is 9.34. The molecule has 2 unspecified atom stereocenters. The summed E-state index contributed by atoms with van der Waals surface area (Å²) in [7, 11) is 1.67. The Labute approximate surface area is 156 Å². The highest BCUT2D eigenvalue weighted by atomic mass is 16.5. The molecule has 2 atom stereocenters. The Bertz CT molecular complexity index is 666. The predicted molar refractivity (Wildman–Crippen MR) is 103 cm³/mol. The molecular weight excluding hydrogens is 326 g/mol. The van der Waals surface area contributed by atoms with Crippen LogP contribution in [0.2, 0.25) is 0 Å². The van der Waals surface area contributed by atoms with E-state index in [1.54, 1.807) is 7.11 Å². The number of hydrogen-bond donors (Lipinski definition) is 1. The number of nitrogens with zero attached hydrogens (tertiary/aromatic N) is 1. The molecule has 0 radical (unpaired) electrons. The lowest BCUT2D eigenvalue weighted by atomic mass is 9.81. The molecule has 3 saturated heterocycles. The van der Waals surface area contributed by atoms with Gasteiger partial charge >= 0.3 is 0 Å². The van der Waals surface area contributed by atoms with E-state index in [0.717, 1.165) is 49.0 Å². The van der Waals surface area contributed by atoms with Crippen LogP contribution in [0.3, 0.4) is 0 Å². The molecule has 1 aromatic rings. The highest BCUT2D eigenvalue weighted by Crippen LogP contribution is 2.32. The highest BCUT2D eigenvalue weighted by Gasteiger charge is 2.40. The molecule has 3 aliphatic heterocycles. The summed E-state index contributed by atoms with van der Waals surface area (Å²) in [6.07, 6.45) is 4.55. The van der Waals surface area contributed by atoms with Gasteiger partial charge in [0.25, 0.3) is 0 Å². The summed E-state index contributed by atoms with van der Waals surface area (Å²) >= 11 is 0. The van der Waals surface area contributed by atoms with Gasteiger partial charge in [-0.15, -0.1) is 6.58 Å². The number of aliphatic hydroxyl groups is 1. The minimum Gasteiger partial charge on any atom is -0.390 e. The number of benzene rings is 1. The molecule has 4 heteroatoms. The van der Waals surface area contributed by atoms with Gasteiger partial charge in [0.2, 0.25) is 0 Å². The van der Waals surface area contributed by atoms with E-state index in [0.29, 0.717) is 25.7 Å². The summed E-state index contributed by atoms with van der Waals surface area (Å²) in [4.78, 5) is 2.32. The van der Waals surface area contributed by atoms with E-state index in [1.165, 1.54) is 0 Å². The van der Waals surface area contributed by atoms with Crippen LogP contribution in [0.25, 0.3) is 0 Å². The maximum Gasteiger partial charge on any atom is 0.0983 e. The fourth-order valence-corrected chi connectivity index (χ4v) is 3.86. The summed E-state index contributed by atoms with van der Waals surface area (Å²) in [6.45, 7) is 7.73. The molecule has 140 valence electrons. The Morgan fingerprint density at radius 2 is 2.12 bits per heavy atom. The van der Waals surface area contributed by atoms with E-state index in [9.17, 15) is 5.11 Å². The molecule has 0 aliphatic carbocycles.